The van der Waals surface area contributed by atoms with Gasteiger partial charge in [0.1, 0.15) is 0 Å². The van der Waals surface area contributed by atoms with Crippen molar-refractivity contribution in [2.24, 2.45) is 5.92 Å². The Labute approximate surface area is 75.7 Å². The van der Waals surface area contributed by atoms with Crippen LogP contribution in [0.25, 0.3) is 0 Å². The van der Waals surface area contributed by atoms with Gasteiger partial charge in [0.25, 0.3) is 0 Å². The summed E-state index contributed by atoms with van der Waals surface area (Å²) < 4.78 is 5.69. The molecule has 0 aromatic rings. The quantitative estimate of drug-likeness (QED) is 0.600. The molecule has 2 heteroatoms. The monoisotopic (exact) mass is 171 g/mol. The van der Waals surface area contributed by atoms with Gasteiger partial charge < -0.3 is 10.1 Å². The molecule has 1 saturated heterocycles. The third-order valence-electron chi connectivity index (χ3n) is 2.65. The number of hydrogen-bond donors (Lipinski definition) is 1. The molecule has 2 atom stereocenters. The average Bonchev–Trinajstić information content (AvgIpc) is 2.08. The van der Waals surface area contributed by atoms with Gasteiger partial charge in [0.05, 0.1) is 6.10 Å². The van der Waals surface area contributed by atoms with Gasteiger partial charge in [-0.2, -0.15) is 0 Å². The molecule has 0 bridgehead atoms. The second-order valence-corrected chi connectivity index (χ2v) is 3.82. The summed E-state index contributed by atoms with van der Waals surface area (Å²) in [4.78, 5) is 0. The maximum absolute atomic E-state index is 5.69. The predicted octanol–water partition coefficient (Wildman–Crippen LogP) is 1.80. The summed E-state index contributed by atoms with van der Waals surface area (Å²) in [5.74, 6) is 0.642. The Morgan fingerprint density at radius 2 is 2.00 bits per heavy atom. The third kappa shape index (κ3) is 3.55. The van der Waals surface area contributed by atoms with E-state index in [1.807, 2.05) is 0 Å². The fourth-order valence-corrected chi connectivity index (χ4v) is 1.46. The van der Waals surface area contributed by atoms with Crippen molar-refractivity contribution in [3.63, 3.8) is 0 Å². The van der Waals surface area contributed by atoms with E-state index in [4.69, 9.17) is 4.74 Å². The zero-order valence-electron chi connectivity index (χ0n) is 8.31. The molecule has 0 aliphatic carbocycles. The Bertz CT molecular complexity index is 102. The highest BCUT2D eigenvalue weighted by Gasteiger charge is 2.12. The zero-order valence-corrected chi connectivity index (χ0v) is 8.31. The second-order valence-electron chi connectivity index (χ2n) is 3.82. The van der Waals surface area contributed by atoms with Crippen molar-refractivity contribution < 1.29 is 4.74 Å². The molecule has 1 aliphatic heterocycles. The normalized spacial score (nSPS) is 34.5. The summed E-state index contributed by atoms with van der Waals surface area (Å²) in [5.41, 5.74) is 0. The molecule has 12 heavy (non-hydrogen) atoms. The highest BCUT2D eigenvalue weighted by Crippen LogP contribution is 2.08. The van der Waals surface area contributed by atoms with Crippen LogP contribution >= 0.6 is 0 Å². The molecule has 0 radical (unpaired) electrons. The van der Waals surface area contributed by atoms with Gasteiger partial charge in [-0.25, -0.2) is 0 Å². The molecular weight excluding hydrogens is 150 g/mol. The van der Waals surface area contributed by atoms with Crippen molar-refractivity contribution in [3.05, 3.63) is 0 Å². The van der Waals surface area contributed by atoms with Gasteiger partial charge in [0.2, 0.25) is 0 Å². The molecule has 0 saturated carbocycles. The van der Waals surface area contributed by atoms with Gasteiger partial charge >= 0.3 is 0 Å². The molecule has 1 N–H and O–H groups in total. The molecule has 0 unspecified atom stereocenters. The van der Waals surface area contributed by atoms with E-state index in [1.165, 1.54) is 25.8 Å². The van der Waals surface area contributed by atoms with Gasteiger partial charge in [0.15, 0.2) is 0 Å². The minimum atomic E-state index is 0.413. The Morgan fingerprint density at radius 3 is 2.83 bits per heavy atom. The van der Waals surface area contributed by atoms with Gasteiger partial charge in [-0.3, -0.25) is 0 Å². The fraction of sp³-hybridized carbons (Fsp3) is 1.00. The molecule has 2 nitrogen and oxygen atoms in total. The molecule has 0 amide bonds. The number of ether oxygens (including phenoxy) is 1. The van der Waals surface area contributed by atoms with Crippen molar-refractivity contribution >= 4 is 0 Å². The van der Waals surface area contributed by atoms with Crippen LogP contribution < -0.4 is 5.32 Å². The Morgan fingerprint density at radius 1 is 1.17 bits per heavy atom. The van der Waals surface area contributed by atoms with E-state index < -0.39 is 0 Å². The summed E-state index contributed by atoms with van der Waals surface area (Å²) in [7, 11) is 0. The first-order valence-corrected chi connectivity index (χ1v) is 5.13. The first kappa shape index (κ1) is 10.0. The molecule has 72 valence electrons. The lowest BCUT2D eigenvalue weighted by Crippen LogP contribution is -2.31. The summed E-state index contributed by atoms with van der Waals surface area (Å²) >= 11 is 0. The maximum atomic E-state index is 5.69. The SMILES string of the molecule is C[C@@H]1CNCCCCCO[C@H]1C. The molecule has 1 fully saturated rings. The Balaban J connectivity index is 2.26. The highest BCUT2D eigenvalue weighted by molar-refractivity contribution is 4.65. The predicted molar refractivity (Wildman–Crippen MR) is 51.3 cm³/mol. The van der Waals surface area contributed by atoms with Crippen LogP contribution in [-0.4, -0.2) is 25.8 Å². The van der Waals surface area contributed by atoms with Gasteiger partial charge in [-0.05, 0) is 38.6 Å². The summed E-state index contributed by atoms with van der Waals surface area (Å²) in [6, 6.07) is 0. The first-order chi connectivity index (χ1) is 5.80. The van der Waals surface area contributed by atoms with E-state index in [1.54, 1.807) is 0 Å². The van der Waals surface area contributed by atoms with Crippen LogP contribution in [0.2, 0.25) is 0 Å². The number of nitrogens with one attached hydrogen (secondary N) is 1. The van der Waals surface area contributed by atoms with Crippen molar-refractivity contribution in [3.8, 4) is 0 Å². The van der Waals surface area contributed by atoms with E-state index in [-0.39, 0.29) is 0 Å². The molecule has 1 heterocycles. The smallest absolute Gasteiger partial charge is 0.0584 e. The van der Waals surface area contributed by atoms with Crippen molar-refractivity contribution in [2.75, 3.05) is 19.7 Å². The van der Waals surface area contributed by atoms with Crippen LogP contribution in [0.15, 0.2) is 0 Å². The topological polar surface area (TPSA) is 21.3 Å². The van der Waals surface area contributed by atoms with Crippen LogP contribution in [-0.2, 0) is 4.74 Å². The van der Waals surface area contributed by atoms with Gasteiger partial charge in [0, 0.05) is 13.2 Å². The van der Waals surface area contributed by atoms with Crippen LogP contribution in [0.4, 0.5) is 0 Å². The van der Waals surface area contributed by atoms with E-state index in [0.29, 0.717) is 12.0 Å². The molecule has 1 rings (SSSR count). The standard InChI is InChI=1S/C10H21NO/c1-9-8-11-6-4-3-5-7-12-10(9)2/h9-11H,3-8H2,1-2H3/t9-,10+/m1/s1. The summed E-state index contributed by atoms with van der Waals surface area (Å²) in [6.45, 7) is 7.65. The first-order valence-electron chi connectivity index (χ1n) is 5.13. The molecule has 1 aliphatic rings. The van der Waals surface area contributed by atoms with E-state index in [2.05, 4.69) is 19.2 Å². The molecule has 0 aromatic heterocycles. The summed E-state index contributed by atoms with van der Waals surface area (Å²) in [5, 5.41) is 3.46. The minimum absolute atomic E-state index is 0.413. The number of rotatable bonds is 0. The van der Waals surface area contributed by atoms with Crippen LogP contribution in [0.3, 0.4) is 0 Å². The zero-order chi connectivity index (χ0) is 8.81. The maximum Gasteiger partial charge on any atom is 0.0584 e. The van der Waals surface area contributed by atoms with Crippen LogP contribution in [0.1, 0.15) is 33.1 Å². The van der Waals surface area contributed by atoms with E-state index >= 15 is 0 Å². The lowest BCUT2D eigenvalue weighted by molar-refractivity contribution is 0.0260. The van der Waals surface area contributed by atoms with E-state index in [0.717, 1.165) is 13.2 Å². The molecule has 0 spiro atoms. The van der Waals surface area contributed by atoms with Crippen LogP contribution in [0.5, 0.6) is 0 Å². The fourth-order valence-electron chi connectivity index (χ4n) is 1.46. The lowest BCUT2D eigenvalue weighted by Gasteiger charge is -2.22. The second kappa shape index (κ2) is 5.55. The van der Waals surface area contributed by atoms with E-state index in [9.17, 15) is 0 Å². The third-order valence-corrected chi connectivity index (χ3v) is 2.65. The summed E-state index contributed by atoms with van der Waals surface area (Å²) in [6.07, 6.45) is 4.23. The molecular formula is C10H21NO. The highest BCUT2D eigenvalue weighted by atomic mass is 16.5. The number of hydrogen-bond acceptors (Lipinski definition) is 2. The van der Waals surface area contributed by atoms with Gasteiger partial charge in [-0.15, -0.1) is 0 Å². The van der Waals surface area contributed by atoms with Crippen molar-refractivity contribution in [2.45, 2.75) is 39.2 Å². The lowest BCUT2D eigenvalue weighted by atomic mass is 10.1. The average molecular weight is 171 g/mol. The minimum Gasteiger partial charge on any atom is -0.378 e. The van der Waals surface area contributed by atoms with Crippen molar-refractivity contribution in [1.29, 1.82) is 0 Å². The molecule has 0 aromatic carbocycles. The van der Waals surface area contributed by atoms with Crippen molar-refractivity contribution in [1.82, 2.24) is 5.32 Å². The Kier molecular flexibility index (Phi) is 4.62. The Hall–Kier alpha value is -0.0800. The van der Waals surface area contributed by atoms with Crippen LogP contribution in [0, 0.1) is 5.92 Å². The van der Waals surface area contributed by atoms with Gasteiger partial charge in [-0.1, -0.05) is 6.92 Å². The largest absolute Gasteiger partial charge is 0.378 e.